The Kier molecular flexibility index (Phi) is 5.90. The van der Waals surface area contributed by atoms with Gasteiger partial charge < -0.3 is 5.11 Å². The lowest BCUT2D eigenvalue weighted by Gasteiger charge is -2.71. The first kappa shape index (κ1) is 23.6. The van der Waals surface area contributed by atoms with E-state index < -0.39 is 0 Å². The van der Waals surface area contributed by atoms with Gasteiger partial charge in [0.05, 0.1) is 0 Å². The van der Waals surface area contributed by atoms with Crippen molar-refractivity contribution in [2.24, 2.45) is 51.2 Å². The summed E-state index contributed by atoms with van der Waals surface area (Å²) in [5, 5.41) is 9.72. The molecule has 0 saturated heterocycles. The Morgan fingerprint density at radius 3 is 2.16 bits per heavy atom. The second-order valence-corrected chi connectivity index (χ2v) is 13.5. The number of allylic oxidation sites excluding steroid dienone is 2. The summed E-state index contributed by atoms with van der Waals surface area (Å²) in [6.07, 6.45) is 13.1. The summed E-state index contributed by atoms with van der Waals surface area (Å²) in [5.41, 5.74) is 4.47. The fraction of sp³-hybridized carbons (Fsp3) is 0.867. The summed E-state index contributed by atoms with van der Waals surface area (Å²) >= 11 is 0. The van der Waals surface area contributed by atoms with E-state index in [2.05, 4.69) is 54.7 Å². The Morgan fingerprint density at radius 1 is 0.839 bits per heavy atom. The van der Waals surface area contributed by atoms with Gasteiger partial charge in [0.1, 0.15) is 0 Å². The van der Waals surface area contributed by atoms with Crippen molar-refractivity contribution >= 4 is 0 Å². The lowest BCUT2D eigenvalue weighted by Crippen LogP contribution is -2.63. The molecule has 0 aromatic carbocycles. The van der Waals surface area contributed by atoms with Gasteiger partial charge in [-0.15, -0.1) is 0 Å². The molecular weight excluding hydrogens is 376 g/mol. The van der Waals surface area contributed by atoms with Crippen LogP contribution in [0.5, 0.6) is 0 Å². The van der Waals surface area contributed by atoms with Gasteiger partial charge in [-0.3, -0.25) is 0 Å². The maximum absolute atomic E-state index is 9.72. The van der Waals surface area contributed by atoms with Gasteiger partial charge in [-0.25, -0.2) is 0 Å². The number of aliphatic hydroxyl groups is 1. The van der Waals surface area contributed by atoms with Crippen LogP contribution >= 0.6 is 0 Å². The standard InChI is InChI=1S/C30H50O/c1-20(2)22-12-15-27(5)17-18-29(7)24(26(22)27)10-11-25-28(6,14-9-19-31)23(21(3)4)13-16-30(25,29)8/h22-26,31H,1,3,9-19H2,2,4-8H3/t22-,23-,24+,25+,26+,27+,28-,29+,30+/m0/s1. The van der Waals surface area contributed by atoms with Crippen LogP contribution < -0.4 is 0 Å². The molecule has 4 aliphatic carbocycles. The van der Waals surface area contributed by atoms with E-state index in [9.17, 15) is 5.11 Å². The molecule has 0 aliphatic heterocycles. The van der Waals surface area contributed by atoms with Crippen LogP contribution in [0.25, 0.3) is 0 Å². The first-order valence-electron chi connectivity index (χ1n) is 13.4. The number of hydrogen-bond donors (Lipinski definition) is 1. The quantitative estimate of drug-likeness (QED) is 0.439. The molecule has 4 aliphatic rings. The minimum atomic E-state index is 0.278. The van der Waals surface area contributed by atoms with Gasteiger partial charge >= 0.3 is 0 Å². The number of aliphatic hydroxyl groups excluding tert-OH is 1. The maximum Gasteiger partial charge on any atom is 0.0431 e. The molecular formula is C30H50O. The van der Waals surface area contributed by atoms with Gasteiger partial charge in [-0.05, 0) is 129 Å². The molecule has 0 bridgehead atoms. The average Bonchev–Trinajstić information content (AvgIpc) is 3.05. The highest BCUT2D eigenvalue weighted by atomic mass is 16.2. The molecule has 4 saturated carbocycles. The molecule has 0 aromatic rings. The van der Waals surface area contributed by atoms with Gasteiger partial charge in [0.2, 0.25) is 0 Å². The number of hydrogen-bond acceptors (Lipinski definition) is 1. The zero-order valence-corrected chi connectivity index (χ0v) is 21.5. The van der Waals surface area contributed by atoms with Crippen LogP contribution in [0.4, 0.5) is 0 Å². The van der Waals surface area contributed by atoms with E-state index in [1.807, 2.05) is 0 Å². The molecule has 0 aromatic heterocycles. The first-order valence-corrected chi connectivity index (χ1v) is 13.4. The van der Waals surface area contributed by atoms with Crippen molar-refractivity contribution in [2.45, 2.75) is 106 Å². The molecule has 9 atom stereocenters. The van der Waals surface area contributed by atoms with E-state index in [0.717, 1.165) is 36.5 Å². The van der Waals surface area contributed by atoms with Crippen LogP contribution in [0.1, 0.15) is 106 Å². The summed E-state index contributed by atoms with van der Waals surface area (Å²) in [5.74, 6) is 3.78. The van der Waals surface area contributed by atoms with E-state index in [1.165, 1.54) is 62.5 Å². The first-order chi connectivity index (χ1) is 14.4. The minimum Gasteiger partial charge on any atom is -0.396 e. The Morgan fingerprint density at radius 2 is 1.55 bits per heavy atom. The third-order valence-electron chi connectivity index (χ3n) is 12.2. The van der Waals surface area contributed by atoms with Crippen LogP contribution in [0.2, 0.25) is 0 Å². The lowest BCUT2D eigenvalue weighted by atomic mass is 9.34. The Bertz CT molecular complexity index is 737. The molecule has 0 unspecified atom stereocenters. The van der Waals surface area contributed by atoms with Gasteiger partial charge in [0.15, 0.2) is 0 Å². The molecule has 1 heteroatoms. The number of fused-ring (bicyclic) bond motifs is 5. The van der Waals surface area contributed by atoms with Crippen LogP contribution in [0, 0.1) is 51.2 Å². The van der Waals surface area contributed by atoms with Gasteiger partial charge in [0, 0.05) is 6.61 Å². The molecule has 0 radical (unpaired) electrons. The smallest absolute Gasteiger partial charge is 0.0431 e. The van der Waals surface area contributed by atoms with Crippen LogP contribution in [0.15, 0.2) is 24.3 Å². The fourth-order valence-corrected chi connectivity index (χ4v) is 10.5. The third kappa shape index (κ3) is 3.18. The molecule has 176 valence electrons. The highest BCUT2D eigenvalue weighted by Crippen LogP contribution is 2.76. The topological polar surface area (TPSA) is 20.2 Å². The maximum atomic E-state index is 9.72. The Balaban J connectivity index is 1.75. The Hall–Kier alpha value is -0.560. The molecule has 31 heavy (non-hydrogen) atoms. The van der Waals surface area contributed by atoms with Crippen molar-refractivity contribution in [1.82, 2.24) is 0 Å². The van der Waals surface area contributed by atoms with Crippen molar-refractivity contribution in [2.75, 3.05) is 6.61 Å². The van der Waals surface area contributed by atoms with E-state index in [0.29, 0.717) is 28.8 Å². The summed E-state index contributed by atoms with van der Waals surface area (Å²) in [7, 11) is 0. The molecule has 1 N–H and O–H groups in total. The zero-order chi connectivity index (χ0) is 22.8. The molecule has 1 nitrogen and oxygen atoms in total. The van der Waals surface area contributed by atoms with Gasteiger partial charge in [-0.1, -0.05) is 52.0 Å². The average molecular weight is 427 g/mol. The number of rotatable bonds is 5. The SMILES string of the molecule is C=C(C)[C@@H]1CC[C@]2(C)CC[C@]3(C)[C@H](CC[C@@H]4[C@@](C)(CCCO)[C@H](C(=C)C)CC[C@]43C)[C@@H]12. The van der Waals surface area contributed by atoms with E-state index >= 15 is 0 Å². The van der Waals surface area contributed by atoms with Crippen molar-refractivity contribution in [3.8, 4) is 0 Å². The van der Waals surface area contributed by atoms with Crippen molar-refractivity contribution in [3.63, 3.8) is 0 Å². The van der Waals surface area contributed by atoms with Gasteiger partial charge in [-0.2, -0.15) is 0 Å². The second kappa shape index (κ2) is 7.75. The van der Waals surface area contributed by atoms with Crippen molar-refractivity contribution < 1.29 is 5.11 Å². The van der Waals surface area contributed by atoms with Crippen molar-refractivity contribution in [3.05, 3.63) is 24.3 Å². The second-order valence-electron chi connectivity index (χ2n) is 13.5. The predicted molar refractivity (Wildman–Crippen MR) is 133 cm³/mol. The summed E-state index contributed by atoms with van der Waals surface area (Å²) < 4.78 is 0. The van der Waals surface area contributed by atoms with E-state index in [-0.39, 0.29) is 5.41 Å². The van der Waals surface area contributed by atoms with Crippen LogP contribution in [-0.2, 0) is 0 Å². The third-order valence-corrected chi connectivity index (χ3v) is 12.2. The predicted octanol–water partition coefficient (Wildman–Crippen LogP) is 8.19. The minimum absolute atomic E-state index is 0.278. The summed E-state index contributed by atoms with van der Waals surface area (Å²) in [6, 6.07) is 0. The van der Waals surface area contributed by atoms with E-state index in [4.69, 9.17) is 0 Å². The summed E-state index contributed by atoms with van der Waals surface area (Å²) in [4.78, 5) is 0. The largest absolute Gasteiger partial charge is 0.396 e. The van der Waals surface area contributed by atoms with Crippen molar-refractivity contribution in [1.29, 1.82) is 0 Å². The monoisotopic (exact) mass is 426 g/mol. The van der Waals surface area contributed by atoms with E-state index in [1.54, 1.807) is 0 Å². The normalized spacial score (nSPS) is 51.5. The van der Waals surface area contributed by atoms with Gasteiger partial charge in [0.25, 0.3) is 0 Å². The van der Waals surface area contributed by atoms with Crippen LogP contribution in [0.3, 0.4) is 0 Å². The fourth-order valence-electron chi connectivity index (χ4n) is 10.5. The van der Waals surface area contributed by atoms with Crippen LogP contribution in [-0.4, -0.2) is 11.7 Å². The highest BCUT2D eigenvalue weighted by Gasteiger charge is 2.68. The Labute approximate surface area is 193 Å². The lowest BCUT2D eigenvalue weighted by molar-refractivity contribution is -0.214. The zero-order valence-electron chi connectivity index (χ0n) is 21.5. The summed E-state index contributed by atoms with van der Waals surface area (Å²) in [6.45, 7) is 24.4. The highest BCUT2D eigenvalue weighted by molar-refractivity contribution is 5.21. The molecule has 0 heterocycles. The molecule has 4 fully saturated rings. The molecule has 4 rings (SSSR count). The molecule has 0 spiro atoms. The molecule has 0 amide bonds.